The number of Topliss-reactive ketones (excluding diaryl/α,β-unsaturated/α-hetero) is 1. The number of ether oxygens (including phenoxy) is 1. The van der Waals surface area contributed by atoms with Gasteiger partial charge in [-0.15, -0.1) is 0 Å². The third-order valence-corrected chi connectivity index (χ3v) is 4.84. The third kappa shape index (κ3) is 2.98. The van der Waals surface area contributed by atoms with Gasteiger partial charge in [0, 0.05) is 23.6 Å². The molecule has 28 heavy (non-hydrogen) atoms. The van der Waals surface area contributed by atoms with Crippen LogP contribution in [-0.4, -0.2) is 39.8 Å². The Kier molecular flexibility index (Phi) is 5.09. The van der Waals surface area contributed by atoms with Crippen molar-refractivity contribution in [3.8, 4) is 23.0 Å². The molecule has 0 amide bonds. The molecule has 0 heterocycles. The van der Waals surface area contributed by atoms with Crippen LogP contribution in [0.25, 0.3) is 0 Å². The summed E-state index contributed by atoms with van der Waals surface area (Å²) in [5.41, 5.74) is -1.38. The van der Waals surface area contributed by atoms with Crippen molar-refractivity contribution in [3.05, 3.63) is 46.0 Å². The summed E-state index contributed by atoms with van der Waals surface area (Å²) in [4.78, 5) is 38.2. The van der Waals surface area contributed by atoms with E-state index in [0.29, 0.717) is 6.42 Å². The number of phenolic OH excluding ortho intramolecular Hbond substituents is 3. The van der Waals surface area contributed by atoms with E-state index in [1.165, 1.54) is 19.2 Å². The number of phenols is 3. The van der Waals surface area contributed by atoms with Crippen LogP contribution in [0.1, 0.15) is 74.8 Å². The van der Waals surface area contributed by atoms with Gasteiger partial charge >= 0.3 is 0 Å². The average molecular weight is 384 g/mol. The van der Waals surface area contributed by atoms with Gasteiger partial charge in [-0.3, -0.25) is 14.4 Å². The van der Waals surface area contributed by atoms with Crippen molar-refractivity contribution in [2.24, 2.45) is 0 Å². The molecule has 3 rings (SSSR count). The summed E-state index contributed by atoms with van der Waals surface area (Å²) in [6.07, 6.45) is 2.36. The zero-order valence-corrected chi connectivity index (χ0v) is 15.5. The Bertz CT molecular complexity index is 1000. The maximum atomic E-state index is 12.9. The third-order valence-electron chi connectivity index (χ3n) is 4.84. The highest BCUT2D eigenvalue weighted by atomic mass is 16.5. The molecule has 0 aromatic heterocycles. The Labute approximate surface area is 161 Å². The molecule has 0 fully saturated rings. The fraction of sp³-hybridized carbons (Fsp3) is 0.286. The number of ketones is 3. The van der Waals surface area contributed by atoms with Crippen LogP contribution in [0.2, 0.25) is 0 Å². The van der Waals surface area contributed by atoms with E-state index in [1.807, 2.05) is 6.92 Å². The lowest BCUT2D eigenvalue weighted by atomic mass is 9.81. The summed E-state index contributed by atoms with van der Waals surface area (Å²) in [5.74, 6) is -3.58. The molecule has 0 radical (unpaired) electrons. The van der Waals surface area contributed by atoms with Crippen molar-refractivity contribution in [3.63, 3.8) is 0 Å². The number of carbonyl (C=O) groups excluding carboxylic acids is 3. The SMILES string of the molecule is CCCCCC(=O)c1c(O)cc2c(c1O)C(=O)c1c(O)cc(OC)cc1C2=O. The summed E-state index contributed by atoms with van der Waals surface area (Å²) in [5, 5.41) is 31.0. The van der Waals surface area contributed by atoms with Crippen LogP contribution in [-0.2, 0) is 0 Å². The maximum absolute atomic E-state index is 12.9. The zero-order valence-electron chi connectivity index (χ0n) is 15.5. The fourth-order valence-electron chi connectivity index (χ4n) is 3.41. The molecule has 2 aromatic rings. The number of rotatable bonds is 6. The van der Waals surface area contributed by atoms with E-state index in [1.54, 1.807) is 0 Å². The van der Waals surface area contributed by atoms with Crippen LogP contribution in [0.15, 0.2) is 18.2 Å². The lowest BCUT2D eigenvalue weighted by Crippen LogP contribution is -2.22. The van der Waals surface area contributed by atoms with Gasteiger partial charge in [-0.05, 0) is 18.6 Å². The first-order valence-electron chi connectivity index (χ1n) is 8.94. The molecule has 7 nitrogen and oxygen atoms in total. The Hall–Kier alpha value is -3.35. The van der Waals surface area contributed by atoms with Gasteiger partial charge in [-0.2, -0.15) is 0 Å². The Balaban J connectivity index is 2.16. The van der Waals surface area contributed by atoms with Crippen molar-refractivity contribution in [2.75, 3.05) is 7.11 Å². The number of carbonyl (C=O) groups is 3. The van der Waals surface area contributed by atoms with Gasteiger partial charge in [0.15, 0.2) is 11.6 Å². The van der Waals surface area contributed by atoms with E-state index in [0.717, 1.165) is 18.9 Å². The average Bonchev–Trinajstić information content (AvgIpc) is 2.65. The number of fused-ring (bicyclic) bond motifs is 2. The first-order chi connectivity index (χ1) is 13.3. The number of hydrogen-bond donors (Lipinski definition) is 3. The first kappa shape index (κ1) is 19.4. The molecule has 1 aliphatic rings. The molecule has 7 heteroatoms. The Morgan fingerprint density at radius 3 is 2.25 bits per heavy atom. The second-order valence-corrected chi connectivity index (χ2v) is 6.65. The number of benzene rings is 2. The second kappa shape index (κ2) is 7.34. The predicted octanol–water partition coefficient (Wildman–Crippen LogP) is 3.35. The van der Waals surface area contributed by atoms with E-state index in [4.69, 9.17) is 4.74 Å². The van der Waals surface area contributed by atoms with Crippen LogP contribution < -0.4 is 4.74 Å². The van der Waals surface area contributed by atoms with Crippen LogP contribution >= 0.6 is 0 Å². The van der Waals surface area contributed by atoms with Crippen LogP contribution in [0.3, 0.4) is 0 Å². The lowest BCUT2D eigenvalue weighted by molar-refractivity contribution is 0.0963. The standard InChI is InChI=1S/C21H20O7/c1-3-4-5-6-13(22)18-15(24)9-12-17(21(18)27)20(26)16-11(19(12)25)7-10(28-2)8-14(16)23/h7-9,23-24,27H,3-6H2,1-2H3. The quantitative estimate of drug-likeness (QED) is 0.440. The second-order valence-electron chi connectivity index (χ2n) is 6.65. The molecule has 146 valence electrons. The normalized spacial score (nSPS) is 12.5. The smallest absolute Gasteiger partial charge is 0.202 e. The summed E-state index contributed by atoms with van der Waals surface area (Å²) in [7, 11) is 1.35. The van der Waals surface area contributed by atoms with E-state index in [-0.39, 0.29) is 34.4 Å². The number of hydrogen-bond acceptors (Lipinski definition) is 7. The van der Waals surface area contributed by atoms with E-state index < -0.39 is 40.2 Å². The highest BCUT2D eigenvalue weighted by Crippen LogP contribution is 2.43. The summed E-state index contributed by atoms with van der Waals surface area (Å²) in [6.45, 7) is 1.97. The lowest BCUT2D eigenvalue weighted by Gasteiger charge is -2.21. The molecule has 0 aliphatic heterocycles. The van der Waals surface area contributed by atoms with E-state index in [9.17, 15) is 29.7 Å². The van der Waals surface area contributed by atoms with Gasteiger partial charge in [0.2, 0.25) is 5.78 Å². The highest BCUT2D eigenvalue weighted by molar-refractivity contribution is 6.31. The minimum absolute atomic E-state index is 0.0922. The summed E-state index contributed by atoms with van der Waals surface area (Å²) < 4.78 is 5.01. The highest BCUT2D eigenvalue weighted by Gasteiger charge is 2.37. The molecule has 0 spiro atoms. The Morgan fingerprint density at radius 1 is 0.929 bits per heavy atom. The van der Waals surface area contributed by atoms with Crippen molar-refractivity contribution < 1.29 is 34.4 Å². The number of methoxy groups -OCH3 is 1. The Morgan fingerprint density at radius 2 is 1.61 bits per heavy atom. The molecule has 0 saturated carbocycles. The molecule has 0 bridgehead atoms. The minimum atomic E-state index is -0.801. The maximum Gasteiger partial charge on any atom is 0.202 e. The van der Waals surface area contributed by atoms with Crippen LogP contribution in [0.5, 0.6) is 23.0 Å². The monoisotopic (exact) mass is 384 g/mol. The van der Waals surface area contributed by atoms with Crippen molar-refractivity contribution >= 4 is 17.3 Å². The molecule has 0 atom stereocenters. The molecule has 0 saturated heterocycles. The van der Waals surface area contributed by atoms with Crippen molar-refractivity contribution in [2.45, 2.75) is 32.6 Å². The summed E-state index contributed by atoms with van der Waals surface area (Å²) >= 11 is 0. The summed E-state index contributed by atoms with van der Waals surface area (Å²) in [6, 6.07) is 3.50. The predicted molar refractivity (Wildman–Crippen MR) is 99.8 cm³/mol. The number of aromatic hydroxyl groups is 3. The molecular weight excluding hydrogens is 364 g/mol. The van der Waals surface area contributed by atoms with E-state index >= 15 is 0 Å². The molecule has 2 aromatic carbocycles. The van der Waals surface area contributed by atoms with E-state index in [2.05, 4.69) is 0 Å². The van der Waals surface area contributed by atoms with Gasteiger partial charge in [0.1, 0.15) is 28.6 Å². The molecule has 1 aliphatic carbocycles. The van der Waals surface area contributed by atoms with Crippen LogP contribution in [0.4, 0.5) is 0 Å². The van der Waals surface area contributed by atoms with Crippen LogP contribution in [0, 0.1) is 0 Å². The largest absolute Gasteiger partial charge is 0.507 e. The van der Waals surface area contributed by atoms with Gasteiger partial charge < -0.3 is 20.1 Å². The minimum Gasteiger partial charge on any atom is -0.507 e. The van der Waals surface area contributed by atoms with Gasteiger partial charge in [0.25, 0.3) is 0 Å². The first-order valence-corrected chi connectivity index (χ1v) is 8.94. The zero-order chi connectivity index (χ0) is 20.6. The molecule has 3 N–H and O–H groups in total. The number of unbranched alkanes of at least 4 members (excludes halogenated alkanes) is 2. The fourth-order valence-corrected chi connectivity index (χ4v) is 3.41. The van der Waals surface area contributed by atoms with Gasteiger partial charge in [-0.1, -0.05) is 19.8 Å². The van der Waals surface area contributed by atoms with Crippen molar-refractivity contribution in [1.29, 1.82) is 0 Å². The topological polar surface area (TPSA) is 121 Å². The van der Waals surface area contributed by atoms with Gasteiger partial charge in [0.05, 0.1) is 18.2 Å². The molecular formula is C21H20O7. The van der Waals surface area contributed by atoms with Gasteiger partial charge in [-0.25, -0.2) is 0 Å². The van der Waals surface area contributed by atoms with Crippen molar-refractivity contribution in [1.82, 2.24) is 0 Å². The molecule has 0 unspecified atom stereocenters.